The lowest BCUT2D eigenvalue weighted by Crippen LogP contribution is -2.31. The summed E-state index contributed by atoms with van der Waals surface area (Å²) in [5, 5.41) is 11.5. The van der Waals surface area contributed by atoms with Crippen LogP contribution in [0.4, 0.5) is 11.8 Å². The van der Waals surface area contributed by atoms with Crippen LogP contribution in [0.2, 0.25) is 5.02 Å². The molecule has 3 aromatic rings. The van der Waals surface area contributed by atoms with Crippen LogP contribution in [0, 0.1) is 0 Å². The Kier molecular flexibility index (Phi) is 4.05. The third-order valence-electron chi connectivity index (χ3n) is 4.49. The zero-order chi connectivity index (χ0) is 17.4. The van der Waals surface area contributed by atoms with E-state index in [4.69, 9.17) is 17.3 Å². The molecule has 0 amide bonds. The maximum Gasteiger partial charge on any atom is 0.229 e. The minimum atomic E-state index is -0.122. The highest BCUT2D eigenvalue weighted by molar-refractivity contribution is 6.33. The molecule has 4 rings (SSSR count). The average Bonchev–Trinajstić information content (AvgIpc) is 2.62. The molecule has 1 aliphatic heterocycles. The van der Waals surface area contributed by atoms with Crippen molar-refractivity contribution in [1.29, 1.82) is 0 Å². The second-order valence-electron chi connectivity index (χ2n) is 6.17. The van der Waals surface area contributed by atoms with Crippen molar-refractivity contribution >= 4 is 34.4 Å². The summed E-state index contributed by atoms with van der Waals surface area (Å²) in [6.07, 6.45) is 3.46. The highest BCUT2D eigenvalue weighted by atomic mass is 35.5. The predicted molar refractivity (Wildman–Crippen MR) is 99.9 cm³/mol. The van der Waals surface area contributed by atoms with E-state index < -0.39 is 0 Å². The van der Waals surface area contributed by atoms with Crippen molar-refractivity contribution in [2.24, 2.45) is 0 Å². The van der Waals surface area contributed by atoms with Gasteiger partial charge in [-0.3, -0.25) is 0 Å². The van der Waals surface area contributed by atoms with Crippen LogP contribution in [0.25, 0.3) is 22.2 Å². The Morgan fingerprint density at radius 3 is 2.52 bits per heavy atom. The van der Waals surface area contributed by atoms with Crippen LogP contribution in [-0.2, 0) is 0 Å². The molecule has 0 saturated carbocycles. The van der Waals surface area contributed by atoms with Gasteiger partial charge in [0.15, 0.2) is 5.65 Å². The molecule has 0 unspecified atom stereocenters. The standard InChI is InChI=1S/C18H18ClN5O/c19-14-7-3-2-6-11(14)12-10-13-15(20)21-18(23-16(13)22-17(12)25)24-8-4-1-5-9-24/h2-3,6-7,10H,1,4-5,8-9H2,(H3,20,21,22,23,25). The minimum Gasteiger partial charge on any atom is -0.493 e. The summed E-state index contributed by atoms with van der Waals surface area (Å²) in [7, 11) is 0. The van der Waals surface area contributed by atoms with Crippen molar-refractivity contribution < 1.29 is 5.11 Å². The van der Waals surface area contributed by atoms with Gasteiger partial charge in [0.05, 0.1) is 5.39 Å². The first kappa shape index (κ1) is 15.9. The van der Waals surface area contributed by atoms with Gasteiger partial charge in [-0.05, 0) is 31.4 Å². The number of aromatic hydroxyl groups is 1. The number of hydrogen-bond donors (Lipinski definition) is 2. The molecule has 0 radical (unpaired) electrons. The summed E-state index contributed by atoms with van der Waals surface area (Å²) in [4.78, 5) is 15.3. The Bertz CT molecular complexity index is 940. The number of nitrogen functional groups attached to an aromatic ring is 1. The molecular weight excluding hydrogens is 338 g/mol. The van der Waals surface area contributed by atoms with E-state index in [1.165, 1.54) is 6.42 Å². The molecule has 3 heterocycles. The van der Waals surface area contributed by atoms with Gasteiger partial charge < -0.3 is 15.7 Å². The van der Waals surface area contributed by atoms with Crippen molar-refractivity contribution in [3.05, 3.63) is 35.4 Å². The Morgan fingerprint density at radius 2 is 1.76 bits per heavy atom. The summed E-state index contributed by atoms with van der Waals surface area (Å²) < 4.78 is 0. The van der Waals surface area contributed by atoms with Gasteiger partial charge in [-0.2, -0.15) is 15.0 Å². The number of rotatable bonds is 2. The molecule has 2 aromatic heterocycles. The van der Waals surface area contributed by atoms with E-state index in [2.05, 4.69) is 19.9 Å². The molecule has 7 heteroatoms. The van der Waals surface area contributed by atoms with E-state index in [-0.39, 0.29) is 5.88 Å². The molecule has 1 saturated heterocycles. The van der Waals surface area contributed by atoms with E-state index in [0.717, 1.165) is 25.9 Å². The number of hydrogen-bond acceptors (Lipinski definition) is 6. The third kappa shape index (κ3) is 2.93. The van der Waals surface area contributed by atoms with Crippen LogP contribution in [0.5, 0.6) is 5.88 Å². The highest BCUT2D eigenvalue weighted by Crippen LogP contribution is 2.36. The molecule has 1 aliphatic rings. The number of benzene rings is 1. The molecule has 128 valence electrons. The highest BCUT2D eigenvalue weighted by Gasteiger charge is 2.18. The number of aromatic nitrogens is 3. The lowest BCUT2D eigenvalue weighted by molar-refractivity contribution is 0.457. The van der Waals surface area contributed by atoms with Crippen molar-refractivity contribution in [2.75, 3.05) is 23.7 Å². The van der Waals surface area contributed by atoms with Gasteiger partial charge in [0.25, 0.3) is 0 Å². The molecule has 3 N–H and O–H groups in total. The van der Waals surface area contributed by atoms with Crippen LogP contribution in [0.1, 0.15) is 19.3 Å². The van der Waals surface area contributed by atoms with Crippen molar-refractivity contribution in [3.8, 4) is 17.0 Å². The van der Waals surface area contributed by atoms with Crippen LogP contribution in [0.15, 0.2) is 30.3 Å². The van der Waals surface area contributed by atoms with Gasteiger partial charge in [0, 0.05) is 29.2 Å². The lowest BCUT2D eigenvalue weighted by Gasteiger charge is -2.26. The maximum atomic E-state index is 10.4. The van der Waals surface area contributed by atoms with Crippen LogP contribution >= 0.6 is 11.6 Å². The molecule has 25 heavy (non-hydrogen) atoms. The molecule has 6 nitrogen and oxygen atoms in total. The van der Waals surface area contributed by atoms with Crippen LogP contribution in [0.3, 0.4) is 0 Å². The summed E-state index contributed by atoms with van der Waals surface area (Å²) in [5.41, 5.74) is 7.76. The fourth-order valence-corrected chi connectivity index (χ4v) is 3.41. The first-order valence-corrected chi connectivity index (χ1v) is 8.68. The van der Waals surface area contributed by atoms with E-state index in [1.807, 2.05) is 18.2 Å². The first-order valence-electron chi connectivity index (χ1n) is 8.30. The Balaban J connectivity index is 1.84. The molecule has 1 aromatic carbocycles. The monoisotopic (exact) mass is 355 g/mol. The second-order valence-corrected chi connectivity index (χ2v) is 6.57. The summed E-state index contributed by atoms with van der Waals surface area (Å²) in [6, 6.07) is 9.02. The van der Waals surface area contributed by atoms with Crippen LogP contribution < -0.4 is 10.6 Å². The van der Waals surface area contributed by atoms with E-state index in [9.17, 15) is 5.11 Å². The first-order chi connectivity index (χ1) is 12.1. The van der Waals surface area contributed by atoms with Gasteiger partial charge >= 0.3 is 0 Å². The van der Waals surface area contributed by atoms with Crippen molar-refractivity contribution in [2.45, 2.75) is 19.3 Å². The van der Waals surface area contributed by atoms with Crippen molar-refractivity contribution in [3.63, 3.8) is 0 Å². The number of anilines is 2. The Labute approximate surface area is 150 Å². The smallest absolute Gasteiger partial charge is 0.229 e. The van der Waals surface area contributed by atoms with E-state index in [0.29, 0.717) is 38.9 Å². The zero-order valence-electron chi connectivity index (χ0n) is 13.6. The average molecular weight is 356 g/mol. The minimum absolute atomic E-state index is 0.122. The van der Waals surface area contributed by atoms with Gasteiger partial charge in [-0.25, -0.2) is 0 Å². The summed E-state index contributed by atoms with van der Waals surface area (Å²) >= 11 is 6.24. The van der Waals surface area contributed by atoms with Crippen LogP contribution in [-0.4, -0.2) is 33.1 Å². The predicted octanol–water partition coefficient (Wildman–Crippen LogP) is 3.62. The SMILES string of the molecule is Nc1nc(N2CCCCC2)nc2nc(O)c(-c3ccccc3Cl)cc12. The topological polar surface area (TPSA) is 88.2 Å². The molecule has 0 atom stereocenters. The molecule has 0 spiro atoms. The largest absolute Gasteiger partial charge is 0.493 e. The van der Waals surface area contributed by atoms with Gasteiger partial charge in [0.2, 0.25) is 11.8 Å². The lowest BCUT2D eigenvalue weighted by atomic mass is 10.1. The number of nitrogens with zero attached hydrogens (tertiary/aromatic N) is 4. The van der Waals surface area contributed by atoms with E-state index >= 15 is 0 Å². The normalized spacial score (nSPS) is 14.8. The number of piperidine rings is 1. The van der Waals surface area contributed by atoms with Crippen molar-refractivity contribution in [1.82, 2.24) is 15.0 Å². The molecule has 1 fully saturated rings. The third-order valence-corrected chi connectivity index (χ3v) is 4.82. The zero-order valence-corrected chi connectivity index (χ0v) is 14.4. The number of pyridine rings is 1. The quantitative estimate of drug-likeness (QED) is 0.729. The summed E-state index contributed by atoms with van der Waals surface area (Å²) in [6.45, 7) is 1.82. The number of halogens is 1. The number of fused-ring (bicyclic) bond motifs is 1. The van der Waals surface area contributed by atoms with Gasteiger partial charge in [-0.1, -0.05) is 29.8 Å². The maximum absolute atomic E-state index is 10.4. The Hall–Kier alpha value is -2.60. The second kappa shape index (κ2) is 6.37. The molecule has 0 bridgehead atoms. The molecule has 0 aliphatic carbocycles. The fourth-order valence-electron chi connectivity index (χ4n) is 3.17. The summed E-state index contributed by atoms with van der Waals surface area (Å²) in [5.74, 6) is 0.803. The Morgan fingerprint density at radius 1 is 1.00 bits per heavy atom. The van der Waals surface area contributed by atoms with Gasteiger partial charge in [0.1, 0.15) is 5.82 Å². The fraction of sp³-hybridized carbons (Fsp3) is 0.278. The van der Waals surface area contributed by atoms with E-state index in [1.54, 1.807) is 12.1 Å². The van der Waals surface area contributed by atoms with Gasteiger partial charge in [-0.15, -0.1) is 0 Å². The molecular formula is C18H18ClN5O. The number of nitrogens with two attached hydrogens (primary N) is 1.